The molecule has 0 N–H and O–H groups in total. The SMILES string of the molecule is COc1ccc(CC(=O)CSC)cc1F. The van der Waals surface area contributed by atoms with E-state index in [1.165, 1.54) is 31.0 Å². The van der Waals surface area contributed by atoms with Crippen molar-refractivity contribution in [1.29, 1.82) is 0 Å². The third-order valence-corrected chi connectivity index (χ3v) is 2.53. The first-order valence-electron chi connectivity index (χ1n) is 4.50. The smallest absolute Gasteiger partial charge is 0.165 e. The Hall–Kier alpha value is -1.03. The van der Waals surface area contributed by atoms with Gasteiger partial charge in [-0.1, -0.05) is 6.07 Å². The lowest BCUT2D eigenvalue weighted by molar-refractivity contribution is -0.115. The number of carbonyl (C=O) groups is 1. The highest BCUT2D eigenvalue weighted by Crippen LogP contribution is 2.18. The van der Waals surface area contributed by atoms with Crippen molar-refractivity contribution in [2.45, 2.75) is 6.42 Å². The van der Waals surface area contributed by atoms with Gasteiger partial charge < -0.3 is 4.74 Å². The first-order valence-corrected chi connectivity index (χ1v) is 5.89. The maximum absolute atomic E-state index is 13.2. The largest absolute Gasteiger partial charge is 0.494 e. The first-order chi connectivity index (χ1) is 7.17. The van der Waals surface area contributed by atoms with E-state index in [0.717, 1.165) is 0 Å². The Labute approximate surface area is 92.8 Å². The number of ether oxygens (including phenoxy) is 1. The quantitative estimate of drug-likeness (QED) is 0.773. The molecule has 0 aromatic heterocycles. The fraction of sp³-hybridized carbons (Fsp3) is 0.364. The number of carbonyl (C=O) groups excluding carboxylic acids is 1. The molecular formula is C11H13FO2S. The van der Waals surface area contributed by atoms with Crippen molar-refractivity contribution in [2.75, 3.05) is 19.1 Å². The van der Waals surface area contributed by atoms with Crippen molar-refractivity contribution in [3.63, 3.8) is 0 Å². The number of thioether (sulfide) groups is 1. The lowest BCUT2D eigenvalue weighted by Gasteiger charge is -2.04. The van der Waals surface area contributed by atoms with Gasteiger partial charge >= 0.3 is 0 Å². The molecule has 0 aliphatic rings. The van der Waals surface area contributed by atoms with Crippen LogP contribution in [0.5, 0.6) is 5.75 Å². The summed E-state index contributed by atoms with van der Waals surface area (Å²) in [5.74, 6) is 0.350. The minimum atomic E-state index is -0.424. The molecule has 0 aliphatic heterocycles. The molecule has 0 fully saturated rings. The number of halogens is 1. The number of hydrogen-bond donors (Lipinski definition) is 0. The second kappa shape index (κ2) is 5.75. The fourth-order valence-electron chi connectivity index (χ4n) is 1.26. The number of benzene rings is 1. The van der Waals surface area contributed by atoms with Crippen LogP contribution < -0.4 is 4.74 Å². The highest BCUT2D eigenvalue weighted by atomic mass is 32.2. The molecule has 82 valence electrons. The van der Waals surface area contributed by atoms with Crippen LogP contribution in [0.15, 0.2) is 18.2 Å². The van der Waals surface area contributed by atoms with Crippen molar-refractivity contribution in [3.05, 3.63) is 29.6 Å². The third kappa shape index (κ3) is 3.55. The first kappa shape index (κ1) is 12.0. The summed E-state index contributed by atoms with van der Waals surface area (Å²) in [6, 6.07) is 4.59. The second-order valence-electron chi connectivity index (χ2n) is 3.12. The van der Waals surface area contributed by atoms with E-state index in [9.17, 15) is 9.18 Å². The van der Waals surface area contributed by atoms with Crippen LogP contribution >= 0.6 is 11.8 Å². The van der Waals surface area contributed by atoms with E-state index in [2.05, 4.69) is 0 Å². The molecule has 0 saturated heterocycles. The Bertz CT molecular complexity index is 352. The van der Waals surface area contributed by atoms with E-state index in [1.807, 2.05) is 6.26 Å². The molecule has 15 heavy (non-hydrogen) atoms. The third-order valence-electron chi connectivity index (χ3n) is 1.92. The van der Waals surface area contributed by atoms with Gasteiger partial charge in [0.25, 0.3) is 0 Å². The summed E-state index contributed by atoms with van der Waals surface area (Å²) in [4.78, 5) is 11.3. The molecule has 2 nitrogen and oxygen atoms in total. The minimum absolute atomic E-state index is 0.104. The van der Waals surface area contributed by atoms with Crippen LogP contribution in [0.25, 0.3) is 0 Å². The summed E-state index contributed by atoms with van der Waals surface area (Å²) in [5, 5.41) is 0. The number of rotatable bonds is 5. The zero-order chi connectivity index (χ0) is 11.3. The fourth-order valence-corrected chi connectivity index (χ4v) is 1.68. The normalized spacial score (nSPS) is 10.1. The van der Waals surface area contributed by atoms with E-state index < -0.39 is 5.82 Å². The summed E-state index contributed by atoms with van der Waals surface area (Å²) in [5.41, 5.74) is 0.687. The standard InChI is InChI=1S/C11H13FO2S/c1-14-11-4-3-8(6-10(11)12)5-9(13)7-15-2/h3-4,6H,5,7H2,1-2H3. The Morgan fingerprint density at radius 2 is 2.27 bits per heavy atom. The molecule has 0 bridgehead atoms. The van der Waals surface area contributed by atoms with Crippen molar-refractivity contribution < 1.29 is 13.9 Å². The maximum atomic E-state index is 13.2. The van der Waals surface area contributed by atoms with Crippen LogP contribution in [-0.4, -0.2) is 24.9 Å². The van der Waals surface area contributed by atoms with Crippen molar-refractivity contribution >= 4 is 17.5 Å². The van der Waals surface area contributed by atoms with Crippen LogP contribution in [0.2, 0.25) is 0 Å². The molecule has 0 amide bonds. The Morgan fingerprint density at radius 1 is 1.53 bits per heavy atom. The van der Waals surface area contributed by atoms with Crippen LogP contribution in [0, 0.1) is 5.82 Å². The number of ketones is 1. The summed E-state index contributed by atoms with van der Waals surface area (Å²) >= 11 is 1.47. The summed E-state index contributed by atoms with van der Waals surface area (Å²) in [7, 11) is 1.41. The average molecular weight is 228 g/mol. The Morgan fingerprint density at radius 3 is 2.80 bits per heavy atom. The molecule has 0 saturated carbocycles. The lowest BCUT2D eigenvalue weighted by atomic mass is 10.1. The Kier molecular flexibility index (Phi) is 4.62. The van der Waals surface area contributed by atoms with Gasteiger partial charge in [0.05, 0.1) is 12.9 Å². The van der Waals surface area contributed by atoms with Gasteiger partial charge in [0.15, 0.2) is 11.6 Å². The van der Waals surface area contributed by atoms with Crippen molar-refractivity contribution in [1.82, 2.24) is 0 Å². The molecule has 0 spiro atoms. The van der Waals surface area contributed by atoms with Crippen LogP contribution in [0.1, 0.15) is 5.56 Å². The molecule has 0 unspecified atom stereocenters. The minimum Gasteiger partial charge on any atom is -0.494 e. The van der Waals surface area contributed by atoms with Gasteiger partial charge in [0.1, 0.15) is 5.78 Å². The van der Waals surface area contributed by atoms with Gasteiger partial charge in [0, 0.05) is 6.42 Å². The van der Waals surface area contributed by atoms with Gasteiger partial charge in [-0.05, 0) is 24.0 Å². The van der Waals surface area contributed by atoms with Gasteiger partial charge in [-0.25, -0.2) is 4.39 Å². The second-order valence-corrected chi connectivity index (χ2v) is 3.98. The van der Waals surface area contributed by atoms with Gasteiger partial charge in [-0.15, -0.1) is 0 Å². The topological polar surface area (TPSA) is 26.3 Å². The van der Waals surface area contributed by atoms with Crippen LogP contribution in [-0.2, 0) is 11.2 Å². The van der Waals surface area contributed by atoms with E-state index in [0.29, 0.717) is 11.3 Å². The van der Waals surface area contributed by atoms with Crippen LogP contribution in [0.3, 0.4) is 0 Å². The zero-order valence-corrected chi connectivity index (χ0v) is 9.57. The predicted octanol–water partition coefficient (Wildman–Crippen LogP) is 2.31. The molecule has 0 atom stereocenters. The zero-order valence-electron chi connectivity index (χ0n) is 8.75. The van der Waals surface area contributed by atoms with Gasteiger partial charge in [-0.2, -0.15) is 11.8 Å². The van der Waals surface area contributed by atoms with Gasteiger partial charge in [0.2, 0.25) is 0 Å². The van der Waals surface area contributed by atoms with E-state index in [4.69, 9.17) is 4.74 Å². The highest BCUT2D eigenvalue weighted by molar-refractivity contribution is 7.99. The molecular weight excluding hydrogens is 215 g/mol. The van der Waals surface area contributed by atoms with Crippen LogP contribution in [0.4, 0.5) is 4.39 Å². The number of Topliss-reactive ketones (excluding diaryl/α,β-unsaturated/α-hetero) is 1. The highest BCUT2D eigenvalue weighted by Gasteiger charge is 2.07. The Balaban J connectivity index is 2.71. The summed E-state index contributed by atoms with van der Waals surface area (Å²) in [6.07, 6.45) is 2.15. The van der Waals surface area contributed by atoms with E-state index in [1.54, 1.807) is 6.07 Å². The molecule has 1 rings (SSSR count). The molecule has 0 heterocycles. The molecule has 1 aromatic rings. The lowest BCUT2D eigenvalue weighted by Crippen LogP contribution is -2.05. The van der Waals surface area contributed by atoms with E-state index >= 15 is 0 Å². The summed E-state index contributed by atoms with van der Waals surface area (Å²) < 4.78 is 18.0. The van der Waals surface area contributed by atoms with Gasteiger partial charge in [-0.3, -0.25) is 4.79 Å². The molecule has 0 aliphatic carbocycles. The number of methoxy groups -OCH3 is 1. The monoisotopic (exact) mass is 228 g/mol. The predicted molar refractivity (Wildman–Crippen MR) is 60.0 cm³/mol. The maximum Gasteiger partial charge on any atom is 0.165 e. The molecule has 0 radical (unpaired) electrons. The summed E-state index contributed by atoms with van der Waals surface area (Å²) in [6.45, 7) is 0. The van der Waals surface area contributed by atoms with E-state index in [-0.39, 0.29) is 18.0 Å². The average Bonchev–Trinajstić information content (AvgIpc) is 2.18. The van der Waals surface area contributed by atoms with Crippen molar-refractivity contribution in [3.8, 4) is 5.75 Å². The molecule has 4 heteroatoms. The number of hydrogen-bond acceptors (Lipinski definition) is 3. The molecule has 1 aromatic carbocycles. The van der Waals surface area contributed by atoms with Crippen molar-refractivity contribution in [2.24, 2.45) is 0 Å².